The van der Waals surface area contributed by atoms with Crippen LogP contribution in [0.3, 0.4) is 0 Å². The standard InChI is InChI=1S/C11H19N5O2/c1-8(9-4-3-5-12-6-9)13-11-10(16(17)18)7-15(2)14-11/h7-9,12H,3-6H2,1-2H3,(H,13,14). The van der Waals surface area contributed by atoms with Gasteiger partial charge in [-0.2, -0.15) is 0 Å². The number of hydrogen-bond acceptors (Lipinski definition) is 5. The summed E-state index contributed by atoms with van der Waals surface area (Å²) in [5, 5.41) is 21.5. The molecule has 1 aromatic rings. The molecule has 0 spiro atoms. The Labute approximate surface area is 106 Å². The summed E-state index contributed by atoms with van der Waals surface area (Å²) in [6, 6.07) is 0.173. The Hall–Kier alpha value is -1.63. The number of nitrogens with zero attached hydrogens (tertiary/aromatic N) is 3. The molecule has 2 atom stereocenters. The van der Waals surface area contributed by atoms with Gasteiger partial charge in [-0.1, -0.05) is 0 Å². The molecule has 2 N–H and O–H groups in total. The maximum atomic E-state index is 10.9. The number of nitrogens with one attached hydrogen (secondary N) is 2. The van der Waals surface area contributed by atoms with E-state index in [9.17, 15) is 10.1 Å². The van der Waals surface area contributed by atoms with Crippen LogP contribution in [-0.2, 0) is 7.05 Å². The van der Waals surface area contributed by atoms with E-state index in [1.165, 1.54) is 10.9 Å². The molecule has 7 nitrogen and oxygen atoms in total. The van der Waals surface area contributed by atoms with Gasteiger partial charge >= 0.3 is 5.69 Å². The molecule has 7 heteroatoms. The zero-order valence-electron chi connectivity index (χ0n) is 10.7. The van der Waals surface area contributed by atoms with E-state index < -0.39 is 4.92 Å². The van der Waals surface area contributed by atoms with Crippen molar-refractivity contribution in [2.75, 3.05) is 18.4 Å². The SMILES string of the molecule is CC(Nc1nn(C)cc1[N+](=O)[O-])C1CCCNC1. The minimum Gasteiger partial charge on any atom is -0.360 e. The molecule has 2 heterocycles. The third-order valence-electron chi connectivity index (χ3n) is 3.41. The summed E-state index contributed by atoms with van der Waals surface area (Å²) in [6.45, 7) is 4.07. The number of hydrogen-bond donors (Lipinski definition) is 2. The first-order valence-electron chi connectivity index (χ1n) is 6.23. The fraction of sp³-hybridized carbons (Fsp3) is 0.727. The van der Waals surface area contributed by atoms with Crippen molar-refractivity contribution in [2.24, 2.45) is 13.0 Å². The van der Waals surface area contributed by atoms with E-state index in [0.717, 1.165) is 25.9 Å². The molecule has 0 amide bonds. The van der Waals surface area contributed by atoms with Gasteiger partial charge in [0, 0.05) is 13.1 Å². The molecular weight excluding hydrogens is 234 g/mol. The van der Waals surface area contributed by atoms with Gasteiger partial charge < -0.3 is 10.6 Å². The van der Waals surface area contributed by atoms with E-state index in [1.807, 2.05) is 0 Å². The second-order valence-electron chi connectivity index (χ2n) is 4.83. The van der Waals surface area contributed by atoms with Crippen LogP contribution in [0, 0.1) is 16.0 Å². The Bertz CT molecular complexity index is 425. The van der Waals surface area contributed by atoms with Crippen molar-refractivity contribution in [2.45, 2.75) is 25.8 Å². The van der Waals surface area contributed by atoms with Gasteiger partial charge in [-0.05, 0) is 38.8 Å². The van der Waals surface area contributed by atoms with E-state index in [4.69, 9.17) is 0 Å². The monoisotopic (exact) mass is 253 g/mol. The second-order valence-corrected chi connectivity index (χ2v) is 4.83. The molecule has 0 aliphatic carbocycles. The summed E-state index contributed by atoms with van der Waals surface area (Å²) >= 11 is 0. The molecule has 2 rings (SSSR count). The molecule has 1 fully saturated rings. The average Bonchev–Trinajstić information content (AvgIpc) is 2.71. The Kier molecular flexibility index (Phi) is 3.81. The molecule has 0 saturated carbocycles. The van der Waals surface area contributed by atoms with E-state index in [2.05, 4.69) is 22.7 Å². The third kappa shape index (κ3) is 2.79. The zero-order chi connectivity index (χ0) is 13.1. The van der Waals surface area contributed by atoms with Crippen LogP contribution in [0.15, 0.2) is 6.20 Å². The molecule has 18 heavy (non-hydrogen) atoms. The van der Waals surface area contributed by atoms with Gasteiger partial charge in [0.15, 0.2) is 0 Å². The van der Waals surface area contributed by atoms with Crippen LogP contribution < -0.4 is 10.6 Å². The predicted octanol–water partition coefficient (Wildman–Crippen LogP) is 1.13. The fourth-order valence-electron chi connectivity index (χ4n) is 2.35. The lowest BCUT2D eigenvalue weighted by atomic mass is 9.93. The summed E-state index contributed by atoms with van der Waals surface area (Å²) in [4.78, 5) is 10.5. The van der Waals surface area contributed by atoms with Gasteiger partial charge in [-0.15, -0.1) is 5.10 Å². The number of rotatable bonds is 4. The lowest BCUT2D eigenvalue weighted by Gasteiger charge is -2.28. The molecule has 0 radical (unpaired) electrons. The van der Waals surface area contributed by atoms with Gasteiger partial charge in [0.1, 0.15) is 6.20 Å². The first-order valence-corrected chi connectivity index (χ1v) is 6.23. The third-order valence-corrected chi connectivity index (χ3v) is 3.41. The van der Waals surface area contributed by atoms with Crippen LogP contribution >= 0.6 is 0 Å². The molecule has 0 aromatic carbocycles. The van der Waals surface area contributed by atoms with E-state index in [1.54, 1.807) is 7.05 Å². The molecule has 100 valence electrons. The highest BCUT2D eigenvalue weighted by atomic mass is 16.6. The largest absolute Gasteiger partial charge is 0.360 e. The fourth-order valence-corrected chi connectivity index (χ4v) is 2.35. The van der Waals surface area contributed by atoms with Crippen molar-refractivity contribution in [3.63, 3.8) is 0 Å². The van der Waals surface area contributed by atoms with Crippen molar-refractivity contribution < 1.29 is 4.92 Å². The molecular formula is C11H19N5O2. The van der Waals surface area contributed by atoms with Crippen LogP contribution in [0.4, 0.5) is 11.5 Å². The van der Waals surface area contributed by atoms with Crippen molar-refractivity contribution in [3.8, 4) is 0 Å². The van der Waals surface area contributed by atoms with Crippen LogP contribution in [0.1, 0.15) is 19.8 Å². The quantitative estimate of drug-likeness (QED) is 0.620. The summed E-state index contributed by atoms with van der Waals surface area (Å²) in [6.07, 6.45) is 3.72. The summed E-state index contributed by atoms with van der Waals surface area (Å²) < 4.78 is 1.46. The maximum absolute atomic E-state index is 10.9. The number of piperidine rings is 1. The molecule has 1 aliphatic heterocycles. The number of anilines is 1. The highest BCUT2D eigenvalue weighted by Crippen LogP contribution is 2.25. The Morgan fingerprint density at radius 3 is 3.11 bits per heavy atom. The average molecular weight is 253 g/mol. The number of aromatic nitrogens is 2. The van der Waals surface area contributed by atoms with Crippen molar-refractivity contribution >= 4 is 11.5 Å². The van der Waals surface area contributed by atoms with E-state index >= 15 is 0 Å². The summed E-state index contributed by atoms with van der Waals surface area (Å²) in [7, 11) is 1.69. The topological polar surface area (TPSA) is 85.0 Å². The Morgan fingerprint density at radius 1 is 1.72 bits per heavy atom. The molecule has 1 aromatic heterocycles. The highest BCUT2D eigenvalue weighted by molar-refractivity contribution is 5.55. The van der Waals surface area contributed by atoms with Crippen LogP contribution in [0.5, 0.6) is 0 Å². The number of aryl methyl sites for hydroxylation is 1. The van der Waals surface area contributed by atoms with Crippen molar-refractivity contribution in [3.05, 3.63) is 16.3 Å². The normalized spacial score (nSPS) is 21.6. The van der Waals surface area contributed by atoms with E-state index in [-0.39, 0.29) is 11.7 Å². The van der Waals surface area contributed by atoms with Crippen LogP contribution in [-0.4, -0.2) is 33.8 Å². The Morgan fingerprint density at radius 2 is 2.50 bits per heavy atom. The summed E-state index contributed by atoms with van der Waals surface area (Å²) in [5.74, 6) is 0.848. The number of nitro groups is 1. The molecule has 0 bridgehead atoms. The minimum atomic E-state index is -0.402. The van der Waals surface area contributed by atoms with Gasteiger partial charge in [0.2, 0.25) is 5.82 Å². The second kappa shape index (κ2) is 5.34. The Balaban J connectivity index is 2.05. The lowest BCUT2D eigenvalue weighted by molar-refractivity contribution is -0.384. The maximum Gasteiger partial charge on any atom is 0.330 e. The molecule has 2 unspecified atom stereocenters. The summed E-state index contributed by atoms with van der Waals surface area (Å²) in [5.41, 5.74) is 0.0353. The first kappa shape index (κ1) is 12.8. The van der Waals surface area contributed by atoms with Gasteiger partial charge in [0.05, 0.1) is 4.92 Å². The van der Waals surface area contributed by atoms with E-state index in [0.29, 0.717) is 11.7 Å². The smallest absolute Gasteiger partial charge is 0.330 e. The van der Waals surface area contributed by atoms with Crippen molar-refractivity contribution in [1.29, 1.82) is 0 Å². The van der Waals surface area contributed by atoms with Gasteiger partial charge in [-0.25, -0.2) is 0 Å². The molecule has 1 saturated heterocycles. The highest BCUT2D eigenvalue weighted by Gasteiger charge is 2.24. The van der Waals surface area contributed by atoms with Crippen LogP contribution in [0.25, 0.3) is 0 Å². The lowest BCUT2D eigenvalue weighted by Crippen LogP contribution is -2.38. The van der Waals surface area contributed by atoms with Gasteiger partial charge in [-0.3, -0.25) is 14.8 Å². The molecule has 1 aliphatic rings. The van der Waals surface area contributed by atoms with Crippen LogP contribution in [0.2, 0.25) is 0 Å². The minimum absolute atomic E-state index is 0.0353. The predicted molar refractivity (Wildman–Crippen MR) is 68.5 cm³/mol. The van der Waals surface area contributed by atoms with Crippen molar-refractivity contribution in [1.82, 2.24) is 15.1 Å². The zero-order valence-corrected chi connectivity index (χ0v) is 10.7. The van der Waals surface area contributed by atoms with Gasteiger partial charge in [0.25, 0.3) is 0 Å². The first-order chi connectivity index (χ1) is 8.58.